The molecule has 0 N–H and O–H groups in total. The number of rotatable bonds is 3. The Kier molecular flexibility index (Phi) is 4.51. The zero-order valence-corrected chi connectivity index (χ0v) is 14.5. The van der Waals surface area contributed by atoms with Gasteiger partial charge in [0.25, 0.3) is 5.56 Å². The molecule has 0 radical (unpaired) electrons. The van der Waals surface area contributed by atoms with Gasteiger partial charge in [0.15, 0.2) is 5.56 Å². The van der Waals surface area contributed by atoms with E-state index < -0.39 is 11.2 Å². The first-order valence-corrected chi connectivity index (χ1v) is 8.12. The lowest BCUT2D eigenvalue weighted by molar-refractivity contribution is 0.0864. The summed E-state index contributed by atoms with van der Waals surface area (Å²) in [6, 6.07) is 5.42. The third-order valence-electron chi connectivity index (χ3n) is 4.51. The fourth-order valence-corrected chi connectivity index (χ4v) is 3.12. The Morgan fingerprint density at radius 2 is 2.04 bits per heavy atom. The van der Waals surface area contributed by atoms with Gasteiger partial charge >= 0.3 is 5.69 Å². The maximum absolute atomic E-state index is 12.4. The smallest absolute Gasteiger partial charge is 0.332 e. The molecule has 0 saturated carbocycles. The lowest BCUT2D eigenvalue weighted by Gasteiger charge is -2.37. The second-order valence-electron chi connectivity index (χ2n) is 5.96. The summed E-state index contributed by atoms with van der Waals surface area (Å²) in [4.78, 5) is 26.6. The van der Waals surface area contributed by atoms with Crippen LogP contribution in [0.3, 0.4) is 0 Å². The number of furan rings is 1. The minimum absolute atomic E-state index is 0.0567. The van der Waals surface area contributed by atoms with E-state index in [4.69, 9.17) is 9.15 Å². The summed E-state index contributed by atoms with van der Waals surface area (Å²) in [6.45, 7) is 3.23. The summed E-state index contributed by atoms with van der Waals surface area (Å²) in [5, 5.41) is 9.51. The third-order valence-corrected chi connectivity index (χ3v) is 4.51. The Balaban J connectivity index is 2.18. The first-order valence-electron chi connectivity index (χ1n) is 8.12. The van der Waals surface area contributed by atoms with Gasteiger partial charge in [-0.25, -0.2) is 4.79 Å². The summed E-state index contributed by atoms with van der Waals surface area (Å²) in [5.41, 5.74) is -1.13. The molecule has 0 amide bonds. The van der Waals surface area contributed by atoms with Crippen LogP contribution in [0.4, 0.5) is 5.82 Å². The lowest BCUT2D eigenvalue weighted by Crippen LogP contribution is -2.47. The number of aryl methyl sites for hydroxylation is 1. The summed E-state index contributed by atoms with van der Waals surface area (Å²) in [7, 11) is 2.93. The highest BCUT2D eigenvalue weighted by Gasteiger charge is 2.32. The molecule has 0 aliphatic carbocycles. The van der Waals surface area contributed by atoms with E-state index in [0.717, 1.165) is 16.7 Å². The zero-order valence-electron chi connectivity index (χ0n) is 14.5. The molecule has 0 bridgehead atoms. The number of hydrogen-bond donors (Lipinski definition) is 0. The van der Waals surface area contributed by atoms with Crippen molar-refractivity contribution in [3.63, 3.8) is 0 Å². The van der Waals surface area contributed by atoms with Gasteiger partial charge in [-0.15, -0.1) is 0 Å². The van der Waals surface area contributed by atoms with E-state index in [0.29, 0.717) is 31.3 Å². The van der Waals surface area contributed by atoms with Crippen molar-refractivity contribution in [3.8, 4) is 6.07 Å². The van der Waals surface area contributed by atoms with Crippen molar-refractivity contribution in [2.75, 3.05) is 24.7 Å². The molecule has 3 heterocycles. The van der Waals surface area contributed by atoms with Crippen LogP contribution in [0, 0.1) is 11.3 Å². The summed E-state index contributed by atoms with van der Waals surface area (Å²) < 4.78 is 13.7. The molecular weight excluding hydrogens is 324 g/mol. The lowest BCUT2D eigenvalue weighted by atomic mass is 10.1. The van der Waals surface area contributed by atoms with Gasteiger partial charge in [0.05, 0.1) is 13.2 Å². The van der Waals surface area contributed by atoms with Crippen LogP contribution in [0.5, 0.6) is 0 Å². The zero-order chi connectivity index (χ0) is 18.1. The molecule has 2 aromatic rings. The maximum Gasteiger partial charge on any atom is 0.332 e. The van der Waals surface area contributed by atoms with Crippen LogP contribution in [0.25, 0.3) is 0 Å². The SMILES string of the molecule is CCc1ccc([C@@H]2COCCN2c2c(C#N)c(=O)n(C)c(=O)n2C)o1. The van der Waals surface area contributed by atoms with Crippen molar-refractivity contribution < 1.29 is 9.15 Å². The minimum Gasteiger partial charge on any atom is -0.464 e. The molecule has 1 fully saturated rings. The third kappa shape index (κ3) is 2.76. The fraction of sp³-hybridized carbons (Fsp3) is 0.471. The van der Waals surface area contributed by atoms with Gasteiger partial charge in [0, 0.05) is 27.1 Å². The minimum atomic E-state index is -0.598. The maximum atomic E-state index is 12.4. The summed E-state index contributed by atoms with van der Waals surface area (Å²) in [5.74, 6) is 1.84. The quantitative estimate of drug-likeness (QED) is 0.813. The molecule has 0 unspecified atom stereocenters. The molecule has 132 valence electrons. The molecule has 8 heteroatoms. The second-order valence-corrected chi connectivity index (χ2v) is 5.96. The fourth-order valence-electron chi connectivity index (χ4n) is 3.12. The van der Waals surface area contributed by atoms with Gasteiger partial charge in [-0.1, -0.05) is 6.92 Å². The molecule has 1 saturated heterocycles. The second kappa shape index (κ2) is 6.61. The average Bonchev–Trinajstić information content (AvgIpc) is 3.12. The molecule has 1 aliphatic heterocycles. The van der Waals surface area contributed by atoms with E-state index in [1.807, 2.05) is 30.0 Å². The molecule has 1 atom stereocenters. The standard InChI is InChI=1S/C17H20N4O4/c1-4-11-5-6-14(25-11)13-10-24-8-7-21(13)15-12(9-18)16(22)20(3)17(23)19(15)2/h5-6,13H,4,7-8,10H2,1-3H3/t13-/m0/s1. The van der Waals surface area contributed by atoms with Crippen molar-refractivity contribution >= 4 is 5.82 Å². The number of nitrogens with zero attached hydrogens (tertiary/aromatic N) is 4. The van der Waals surface area contributed by atoms with Gasteiger partial charge in [-0.05, 0) is 12.1 Å². The van der Waals surface area contributed by atoms with E-state index in [-0.39, 0.29) is 11.6 Å². The highest BCUT2D eigenvalue weighted by Crippen LogP contribution is 2.31. The van der Waals surface area contributed by atoms with Gasteiger partial charge in [-0.2, -0.15) is 5.26 Å². The molecule has 2 aromatic heterocycles. The van der Waals surface area contributed by atoms with Gasteiger partial charge in [0.2, 0.25) is 0 Å². The van der Waals surface area contributed by atoms with Gasteiger partial charge < -0.3 is 14.1 Å². The van der Waals surface area contributed by atoms with Crippen molar-refractivity contribution in [2.45, 2.75) is 19.4 Å². The van der Waals surface area contributed by atoms with Crippen LogP contribution in [-0.2, 0) is 25.3 Å². The van der Waals surface area contributed by atoms with E-state index in [2.05, 4.69) is 0 Å². The van der Waals surface area contributed by atoms with E-state index in [1.165, 1.54) is 11.6 Å². The van der Waals surface area contributed by atoms with E-state index in [9.17, 15) is 14.9 Å². The van der Waals surface area contributed by atoms with Crippen molar-refractivity contribution in [1.29, 1.82) is 5.26 Å². The van der Waals surface area contributed by atoms with Crippen LogP contribution in [0.15, 0.2) is 26.1 Å². The number of aromatic nitrogens is 2. The van der Waals surface area contributed by atoms with Crippen LogP contribution in [0.1, 0.15) is 30.0 Å². The largest absolute Gasteiger partial charge is 0.464 e. The van der Waals surface area contributed by atoms with Gasteiger partial charge in [-0.3, -0.25) is 13.9 Å². The van der Waals surface area contributed by atoms with Crippen LogP contribution in [-0.4, -0.2) is 28.9 Å². The van der Waals surface area contributed by atoms with Crippen LogP contribution < -0.4 is 16.1 Å². The monoisotopic (exact) mass is 344 g/mol. The van der Waals surface area contributed by atoms with Crippen LogP contribution in [0.2, 0.25) is 0 Å². The molecule has 25 heavy (non-hydrogen) atoms. The molecule has 3 rings (SSSR count). The average molecular weight is 344 g/mol. The van der Waals surface area contributed by atoms with Crippen molar-refractivity contribution in [3.05, 3.63) is 50.1 Å². The first-order chi connectivity index (χ1) is 12.0. The Morgan fingerprint density at radius 3 is 2.68 bits per heavy atom. The van der Waals surface area contributed by atoms with E-state index >= 15 is 0 Å². The predicted molar refractivity (Wildman–Crippen MR) is 90.6 cm³/mol. The normalized spacial score (nSPS) is 17.5. The molecule has 0 spiro atoms. The number of morpholine rings is 1. The van der Waals surface area contributed by atoms with Crippen molar-refractivity contribution in [2.24, 2.45) is 14.1 Å². The van der Waals surface area contributed by atoms with Crippen molar-refractivity contribution in [1.82, 2.24) is 9.13 Å². The number of nitriles is 1. The van der Waals surface area contributed by atoms with Gasteiger partial charge in [0.1, 0.15) is 29.4 Å². The number of hydrogen-bond acceptors (Lipinski definition) is 6. The molecule has 8 nitrogen and oxygen atoms in total. The summed E-state index contributed by atoms with van der Waals surface area (Å²) in [6.07, 6.45) is 0.765. The number of ether oxygens (including phenoxy) is 1. The Labute approximate surface area is 144 Å². The summed E-state index contributed by atoms with van der Waals surface area (Å²) >= 11 is 0. The Bertz CT molecular complexity index is 947. The molecular formula is C17H20N4O4. The topological polar surface area (TPSA) is 93.4 Å². The molecule has 0 aromatic carbocycles. The first kappa shape index (κ1) is 17.0. The Morgan fingerprint density at radius 1 is 1.28 bits per heavy atom. The predicted octanol–water partition coefficient (Wildman–Crippen LogP) is 0.689. The van der Waals surface area contributed by atoms with E-state index in [1.54, 1.807) is 7.05 Å². The molecule has 1 aliphatic rings. The highest BCUT2D eigenvalue weighted by atomic mass is 16.5. The Hall–Kier alpha value is -2.79. The van der Waals surface area contributed by atoms with Crippen LogP contribution >= 0.6 is 0 Å². The number of anilines is 1. The highest BCUT2D eigenvalue weighted by molar-refractivity contribution is 5.55.